The molecule has 0 fully saturated rings. The number of anilines is 1. The summed E-state index contributed by atoms with van der Waals surface area (Å²) in [6.07, 6.45) is 1.72. The van der Waals surface area contributed by atoms with Gasteiger partial charge in [0, 0.05) is 12.1 Å². The molecule has 10 nitrogen and oxygen atoms in total. The number of nitrogens with zero attached hydrogens (tertiary/aromatic N) is 3. The number of amides is 1. The van der Waals surface area contributed by atoms with Gasteiger partial charge in [0.1, 0.15) is 15.6 Å². The lowest BCUT2D eigenvalue weighted by atomic mass is 10.1. The lowest BCUT2D eigenvalue weighted by Gasteiger charge is -2.09. The zero-order valence-corrected chi connectivity index (χ0v) is 22.0. The highest BCUT2D eigenvalue weighted by atomic mass is 32.2. The molecule has 0 atom stereocenters. The lowest BCUT2D eigenvalue weighted by molar-refractivity contribution is -0.113. The van der Waals surface area contributed by atoms with Crippen molar-refractivity contribution in [2.24, 2.45) is 0 Å². The molecule has 2 aromatic heterocycles. The predicted octanol–water partition coefficient (Wildman–Crippen LogP) is 4.20. The topological polar surface area (TPSA) is 122 Å². The number of esters is 2. The first-order chi connectivity index (χ1) is 17.3. The van der Waals surface area contributed by atoms with Crippen molar-refractivity contribution >= 4 is 45.9 Å². The molecule has 0 bridgehead atoms. The van der Waals surface area contributed by atoms with Gasteiger partial charge in [-0.2, -0.15) is 0 Å². The number of ether oxygens (including phenoxy) is 3. The van der Waals surface area contributed by atoms with Gasteiger partial charge in [-0.25, -0.2) is 9.59 Å². The Morgan fingerprint density at radius 2 is 1.83 bits per heavy atom. The molecule has 0 aliphatic heterocycles. The van der Waals surface area contributed by atoms with Crippen molar-refractivity contribution in [3.63, 3.8) is 0 Å². The van der Waals surface area contributed by atoms with E-state index in [1.807, 2.05) is 35.8 Å². The van der Waals surface area contributed by atoms with Crippen molar-refractivity contribution in [3.05, 3.63) is 52.9 Å². The second-order valence-corrected chi connectivity index (χ2v) is 9.21. The van der Waals surface area contributed by atoms with Gasteiger partial charge in [-0.1, -0.05) is 17.8 Å². The van der Waals surface area contributed by atoms with E-state index in [9.17, 15) is 14.4 Å². The first-order valence-corrected chi connectivity index (χ1v) is 12.6. The van der Waals surface area contributed by atoms with Crippen LogP contribution in [0.15, 0.2) is 42.1 Å². The van der Waals surface area contributed by atoms with Gasteiger partial charge < -0.3 is 19.5 Å². The van der Waals surface area contributed by atoms with E-state index in [-0.39, 0.29) is 21.2 Å². The smallest absolute Gasteiger partial charge is 0.348 e. The number of hydrogen-bond acceptors (Lipinski definition) is 10. The van der Waals surface area contributed by atoms with Crippen LogP contribution < -0.4 is 10.1 Å². The van der Waals surface area contributed by atoms with Crippen molar-refractivity contribution in [3.8, 4) is 17.1 Å². The molecule has 1 aromatic carbocycles. The fraction of sp³-hybridized carbons (Fsp3) is 0.292. The number of thioether (sulfide) groups is 1. The van der Waals surface area contributed by atoms with E-state index in [2.05, 4.69) is 22.1 Å². The minimum absolute atomic E-state index is 0.0102. The summed E-state index contributed by atoms with van der Waals surface area (Å²) in [5.74, 6) is -0.273. The third-order valence-corrected chi connectivity index (χ3v) is 7.10. The monoisotopic (exact) mass is 530 g/mol. The van der Waals surface area contributed by atoms with Crippen LogP contribution in [0, 0.1) is 6.92 Å². The highest BCUT2D eigenvalue weighted by Crippen LogP contribution is 2.34. The summed E-state index contributed by atoms with van der Waals surface area (Å²) in [5, 5.41) is 12.0. The lowest BCUT2D eigenvalue weighted by Crippen LogP contribution is -2.16. The van der Waals surface area contributed by atoms with Crippen LogP contribution >= 0.6 is 23.1 Å². The predicted molar refractivity (Wildman–Crippen MR) is 138 cm³/mol. The molecule has 3 rings (SSSR count). The number of allylic oxidation sites excluding steroid dienone is 1. The molecule has 0 spiro atoms. The number of aromatic nitrogens is 3. The maximum absolute atomic E-state index is 12.8. The molecule has 2 heterocycles. The number of carbonyl (C=O) groups is 3. The van der Waals surface area contributed by atoms with Crippen molar-refractivity contribution in [2.45, 2.75) is 25.5 Å². The summed E-state index contributed by atoms with van der Waals surface area (Å²) in [6.45, 7) is 8.34. The summed E-state index contributed by atoms with van der Waals surface area (Å²) in [6, 6.07) is 7.50. The van der Waals surface area contributed by atoms with Crippen LogP contribution in [0.2, 0.25) is 0 Å². The van der Waals surface area contributed by atoms with Crippen LogP contribution in [-0.2, 0) is 20.8 Å². The van der Waals surface area contributed by atoms with Gasteiger partial charge in [-0.15, -0.1) is 28.1 Å². The minimum atomic E-state index is -0.660. The maximum Gasteiger partial charge on any atom is 0.348 e. The quantitative estimate of drug-likeness (QED) is 0.221. The largest absolute Gasteiger partial charge is 0.494 e. The van der Waals surface area contributed by atoms with E-state index >= 15 is 0 Å². The van der Waals surface area contributed by atoms with E-state index in [4.69, 9.17) is 14.2 Å². The Kier molecular flexibility index (Phi) is 9.25. The number of hydrogen-bond donors (Lipinski definition) is 1. The van der Waals surface area contributed by atoms with Gasteiger partial charge in [0.15, 0.2) is 11.0 Å². The zero-order chi connectivity index (χ0) is 26.2. The Morgan fingerprint density at radius 3 is 2.44 bits per heavy atom. The third-order valence-electron chi connectivity index (χ3n) is 4.94. The van der Waals surface area contributed by atoms with E-state index in [0.717, 1.165) is 22.6 Å². The third kappa shape index (κ3) is 5.94. The van der Waals surface area contributed by atoms with Gasteiger partial charge in [-0.05, 0) is 43.7 Å². The summed E-state index contributed by atoms with van der Waals surface area (Å²) in [4.78, 5) is 37.3. The number of carbonyl (C=O) groups excluding carboxylic acids is 3. The van der Waals surface area contributed by atoms with Gasteiger partial charge in [0.05, 0.1) is 32.1 Å². The van der Waals surface area contributed by atoms with Crippen molar-refractivity contribution in [1.29, 1.82) is 0 Å². The summed E-state index contributed by atoms with van der Waals surface area (Å²) in [7, 11) is 2.47. The summed E-state index contributed by atoms with van der Waals surface area (Å²) >= 11 is 2.14. The number of nitrogens with one attached hydrogen (secondary N) is 1. The number of rotatable bonds is 11. The number of methoxy groups -OCH3 is 2. The highest BCUT2D eigenvalue weighted by molar-refractivity contribution is 7.99. The highest BCUT2D eigenvalue weighted by Gasteiger charge is 2.27. The van der Waals surface area contributed by atoms with Gasteiger partial charge in [-0.3, -0.25) is 9.36 Å². The molecule has 0 unspecified atom stereocenters. The second-order valence-electron chi connectivity index (χ2n) is 7.24. The maximum atomic E-state index is 12.8. The fourth-order valence-corrected chi connectivity index (χ4v) is 5.18. The number of benzene rings is 1. The molecule has 12 heteroatoms. The normalized spacial score (nSPS) is 10.6. The van der Waals surface area contributed by atoms with Gasteiger partial charge in [0.25, 0.3) is 0 Å². The Balaban J connectivity index is 1.78. The molecule has 0 aliphatic rings. The summed E-state index contributed by atoms with van der Waals surface area (Å²) in [5.41, 5.74) is 1.34. The molecule has 36 heavy (non-hydrogen) atoms. The van der Waals surface area contributed by atoms with E-state index in [1.165, 1.54) is 26.0 Å². The molecular formula is C24H26N4O6S2. The van der Waals surface area contributed by atoms with Crippen molar-refractivity contribution in [1.82, 2.24) is 14.8 Å². The van der Waals surface area contributed by atoms with E-state index < -0.39 is 17.8 Å². The fourth-order valence-electron chi connectivity index (χ4n) is 3.30. The van der Waals surface area contributed by atoms with E-state index in [0.29, 0.717) is 29.7 Å². The summed E-state index contributed by atoms with van der Waals surface area (Å²) < 4.78 is 16.9. The van der Waals surface area contributed by atoms with Crippen LogP contribution in [-0.4, -0.2) is 59.2 Å². The molecule has 0 aliphatic carbocycles. The van der Waals surface area contributed by atoms with Crippen molar-refractivity contribution in [2.75, 3.05) is 31.9 Å². The Labute approximate surface area is 216 Å². The van der Waals surface area contributed by atoms with Crippen LogP contribution in [0.1, 0.15) is 32.5 Å². The Bertz CT molecular complexity index is 1270. The van der Waals surface area contributed by atoms with Crippen LogP contribution in [0.25, 0.3) is 11.4 Å². The Hall–Kier alpha value is -3.64. The molecule has 3 aromatic rings. The first-order valence-electron chi connectivity index (χ1n) is 10.8. The van der Waals surface area contributed by atoms with Crippen LogP contribution in [0.5, 0.6) is 5.75 Å². The van der Waals surface area contributed by atoms with Crippen molar-refractivity contribution < 1.29 is 28.6 Å². The molecule has 1 N–H and O–H groups in total. The van der Waals surface area contributed by atoms with Gasteiger partial charge >= 0.3 is 11.9 Å². The first kappa shape index (κ1) is 27.0. The van der Waals surface area contributed by atoms with Crippen LogP contribution in [0.4, 0.5) is 5.00 Å². The minimum Gasteiger partial charge on any atom is -0.494 e. The Morgan fingerprint density at radius 1 is 1.14 bits per heavy atom. The molecule has 190 valence electrons. The molecule has 1 amide bonds. The SMILES string of the molecule is C=CCn1c(SCC(=O)Nc2sc(C(=O)OC)c(C)c2C(=O)OC)nnc1-c1ccc(OCC)cc1. The number of thiophene rings is 1. The second kappa shape index (κ2) is 12.4. The van der Waals surface area contributed by atoms with Gasteiger partial charge in [0.2, 0.25) is 5.91 Å². The average Bonchev–Trinajstić information content (AvgIpc) is 3.43. The van der Waals surface area contributed by atoms with E-state index in [1.54, 1.807) is 13.0 Å². The standard InChI is InChI=1S/C24H26N4O6S2/c1-6-12-28-20(15-8-10-16(11-9-15)34-7-2)26-27-24(28)35-13-17(29)25-21-18(22(30)32-4)14(3)19(36-21)23(31)33-5/h6,8-11H,1,7,12-13H2,2-5H3,(H,25,29). The zero-order valence-electron chi connectivity index (χ0n) is 20.3. The molecule has 0 saturated carbocycles. The molecular weight excluding hydrogens is 504 g/mol. The molecule has 0 radical (unpaired) electrons. The molecule has 0 saturated heterocycles. The van der Waals surface area contributed by atoms with Crippen LogP contribution in [0.3, 0.4) is 0 Å². The average molecular weight is 531 g/mol.